The molecule has 10 rings (SSSR count). The monoisotopic (exact) mass is 1350 g/mol. The summed E-state index contributed by atoms with van der Waals surface area (Å²) in [4.78, 5) is 142. The number of carboxylic acid groups (broad SMARTS) is 2. The Kier molecular flexibility index (Phi) is 21.3. The number of carbonyl (C=O) groups excluding carboxylic acids is 6. The van der Waals surface area contributed by atoms with Gasteiger partial charge in [-0.3, -0.25) is 38.4 Å². The number of nitrogens with one attached hydrogen (secondary N) is 6. The second kappa shape index (κ2) is 29.4. The van der Waals surface area contributed by atoms with Crippen LogP contribution in [-0.2, 0) is 35.3 Å². The Labute approximate surface area is 545 Å². The molecular weight excluding hydrogens is 1290 g/mol. The van der Waals surface area contributed by atoms with E-state index in [1.807, 2.05) is 13.8 Å². The Morgan fingerprint density at radius 3 is 2.03 bits per heavy atom. The lowest BCUT2D eigenvalue weighted by Crippen LogP contribution is -2.40. The maximum absolute atomic E-state index is 14.4. The van der Waals surface area contributed by atoms with Crippen molar-refractivity contribution < 1.29 is 58.4 Å². The number of aliphatic carboxylic acids is 2. The zero-order valence-corrected chi connectivity index (χ0v) is 54.5. The predicted octanol–water partition coefficient (Wildman–Crippen LogP) is 9.01. The molecule has 1 aliphatic heterocycles. The number of hydrogen-bond donors (Lipinski definition) is 9. The van der Waals surface area contributed by atoms with E-state index < -0.39 is 78.2 Å². The van der Waals surface area contributed by atoms with Crippen LogP contribution in [0.5, 0.6) is 0 Å². The second-order valence-electron chi connectivity index (χ2n) is 22.2. The summed E-state index contributed by atoms with van der Waals surface area (Å²) >= 11 is 7.09. The highest BCUT2D eigenvalue weighted by Crippen LogP contribution is 2.42. The molecule has 1 saturated carbocycles. The number of aromatic nitrogens is 7. The van der Waals surface area contributed by atoms with Gasteiger partial charge in [0.2, 0.25) is 17.7 Å². The molecule has 0 spiro atoms. The molecule has 0 saturated heterocycles. The number of nitrogens with zero attached hydrogens (tertiary/aromatic N) is 7. The fraction of sp³-hybridized carbons (Fsp3) is 0.383. The van der Waals surface area contributed by atoms with Crippen LogP contribution in [0.2, 0.25) is 0 Å². The number of ether oxygens (including phenoxy) is 1. The number of aliphatic hydroxyl groups is 1. The predicted molar refractivity (Wildman–Crippen MR) is 344 cm³/mol. The summed E-state index contributed by atoms with van der Waals surface area (Å²) in [6, 6.07) is 9.36. The number of thiazole rings is 6. The SMILES string of the molecule is CNC(=O)C[C@@H]1NC(=O)c2csc(n2)-c2ccc(-c3nc(NC(=O)C4C[C@@H](CCC(=O)O)C[C@@H](CCC(=O)O)C4)cs3)nc2-c2csc(n2)-c2csc(n2)[C@H]([C@@H](O)c2ccccc2)NC(=O)CNC(=O)c2nc(sc2COC)C(C(C)C)NC(=O)c2nc1sc2C. The molecule has 0 radical (unpaired) electrons. The zero-order valence-electron chi connectivity index (χ0n) is 49.6. The van der Waals surface area contributed by atoms with E-state index in [4.69, 9.17) is 39.6 Å². The normalized spacial score (nSPS) is 19.3. The van der Waals surface area contributed by atoms with Crippen molar-refractivity contribution in [2.75, 3.05) is 26.0 Å². The molecule has 10 bridgehead atoms. The summed E-state index contributed by atoms with van der Waals surface area (Å²) in [5.74, 6) is -5.79. The minimum Gasteiger partial charge on any atom is -0.481 e. The maximum atomic E-state index is 14.4. The van der Waals surface area contributed by atoms with E-state index >= 15 is 0 Å². The van der Waals surface area contributed by atoms with Crippen LogP contribution in [0.4, 0.5) is 5.82 Å². The molecule has 1 aliphatic carbocycles. The first kappa shape index (κ1) is 65.8. The maximum Gasteiger partial charge on any atom is 0.303 e. The van der Waals surface area contributed by atoms with Gasteiger partial charge in [-0.15, -0.1) is 68.0 Å². The molecule has 7 atom stereocenters. The molecule has 8 heterocycles. The van der Waals surface area contributed by atoms with Gasteiger partial charge in [-0.05, 0) is 74.5 Å². The number of carboxylic acids is 2. The van der Waals surface area contributed by atoms with Gasteiger partial charge in [0.05, 0.1) is 42.2 Å². The van der Waals surface area contributed by atoms with E-state index in [1.54, 1.807) is 70.9 Å². The first-order valence-corrected chi connectivity index (χ1v) is 34.0. The summed E-state index contributed by atoms with van der Waals surface area (Å²) in [5.41, 5.74) is 2.51. The van der Waals surface area contributed by atoms with Crippen molar-refractivity contribution >= 4 is 121 Å². The molecule has 2 aliphatic rings. The average Bonchev–Trinajstić information content (AvgIpc) is 2.23. The van der Waals surface area contributed by atoms with E-state index in [2.05, 4.69) is 31.9 Å². The van der Waals surface area contributed by atoms with Crippen LogP contribution in [-0.4, -0.2) is 118 Å². The van der Waals surface area contributed by atoms with Crippen molar-refractivity contribution in [2.45, 2.75) is 103 Å². The molecule has 1 fully saturated rings. The molecule has 8 aromatic rings. The largest absolute Gasteiger partial charge is 0.481 e. The van der Waals surface area contributed by atoms with Crippen LogP contribution < -0.4 is 31.9 Å². The quantitative estimate of drug-likeness (QED) is 0.0435. The van der Waals surface area contributed by atoms with Crippen molar-refractivity contribution in [1.82, 2.24) is 61.5 Å². The highest BCUT2D eigenvalue weighted by atomic mass is 32.1. The lowest BCUT2D eigenvalue weighted by atomic mass is 9.72. The number of rotatable bonds is 16. The molecule has 25 nitrogen and oxygen atoms in total. The van der Waals surface area contributed by atoms with Gasteiger partial charge in [-0.2, -0.15) is 0 Å². The lowest BCUT2D eigenvalue weighted by molar-refractivity contribution is -0.138. The standard InChI is InChI=1S/C60H63N13O12S6/c1-27(2)45-60-73-48(39(91-60)22-85-5)53(83)62-21-42(75)70-49(50(80)31-9-7-6-8-10-31)59-67-38(25-88-59)57-65-36(23-87-57)47-33(55-66-37(24-86-55)52(82)64-35(20-41(74)61-4)58-72-46(28(3)90-58)54(84)71-45)13-14-34(63-47)56-69-40(26-89-56)68-51(81)32-18-29(11-15-43(76)77)17-30(19-32)12-16-44(78)79/h6-10,13-14,23-27,29-30,32,35,45,49-50,80H,11-12,15-22H2,1-5H3,(H,61,74)(H,62,83)(H,64,82)(H,68,81)(H,70,75)(H,71,84)(H,76,77)(H,78,79)/t29-,30+,32?,35-,45?,49-,50-/m0/s1. The minimum absolute atomic E-state index is 0.00393. The van der Waals surface area contributed by atoms with Crippen molar-refractivity contribution in [3.05, 3.63) is 111 Å². The van der Waals surface area contributed by atoms with Gasteiger partial charge in [-0.25, -0.2) is 34.9 Å². The van der Waals surface area contributed by atoms with Gasteiger partial charge in [-0.1, -0.05) is 44.2 Å². The number of benzene rings is 1. The molecule has 91 heavy (non-hydrogen) atoms. The summed E-state index contributed by atoms with van der Waals surface area (Å²) in [7, 11) is 2.93. The molecule has 2 unspecified atom stereocenters. The number of aliphatic hydroxyl groups excluding tert-OH is 1. The molecule has 7 aromatic heterocycles. The van der Waals surface area contributed by atoms with E-state index in [0.29, 0.717) is 101 Å². The van der Waals surface area contributed by atoms with Crippen LogP contribution in [0.3, 0.4) is 0 Å². The number of hydrogen-bond acceptors (Lipinski definition) is 23. The molecule has 31 heteroatoms. The van der Waals surface area contributed by atoms with Gasteiger partial charge in [0.25, 0.3) is 17.7 Å². The molecule has 1 aromatic carbocycles. The van der Waals surface area contributed by atoms with E-state index in [1.165, 1.54) is 48.2 Å². The van der Waals surface area contributed by atoms with Crippen LogP contribution >= 0.6 is 68.0 Å². The highest BCUT2D eigenvalue weighted by Gasteiger charge is 2.36. The van der Waals surface area contributed by atoms with Crippen LogP contribution in [0.15, 0.2) is 64.0 Å². The van der Waals surface area contributed by atoms with Gasteiger partial charge >= 0.3 is 11.9 Å². The Hall–Kier alpha value is -8.17. The van der Waals surface area contributed by atoms with E-state index in [0.717, 1.165) is 34.0 Å². The van der Waals surface area contributed by atoms with Gasteiger partial charge < -0.3 is 52.0 Å². The Morgan fingerprint density at radius 2 is 1.33 bits per heavy atom. The number of fused-ring (bicyclic) bond motifs is 14. The molecule has 6 amide bonds. The van der Waals surface area contributed by atoms with Crippen LogP contribution in [0.1, 0.15) is 151 Å². The third-order valence-corrected chi connectivity index (χ3v) is 21.0. The Bertz CT molecular complexity index is 3980. The number of anilines is 1. The summed E-state index contributed by atoms with van der Waals surface area (Å²) in [6.07, 6.45) is 0.635. The van der Waals surface area contributed by atoms with E-state index in [9.17, 15) is 53.7 Å². The number of carbonyl (C=O) groups is 8. The molecule has 9 N–H and O–H groups in total. The van der Waals surface area contributed by atoms with Crippen LogP contribution in [0.25, 0.3) is 43.4 Å². The number of amides is 6. The number of pyridine rings is 1. The zero-order chi connectivity index (χ0) is 64.6. The summed E-state index contributed by atoms with van der Waals surface area (Å²) in [6.45, 7) is 4.91. The fourth-order valence-corrected chi connectivity index (χ4v) is 16.3. The van der Waals surface area contributed by atoms with Gasteiger partial charge in [0, 0.05) is 64.9 Å². The lowest BCUT2D eigenvalue weighted by Gasteiger charge is -2.34. The van der Waals surface area contributed by atoms with Gasteiger partial charge in [0.1, 0.15) is 82.2 Å². The number of aryl methyl sites for hydroxylation is 1. The molecule has 476 valence electrons. The van der Waals surface area contributed by atoms with Crippen molar-refractivity contribution in [1.29, 1.82) is 0 Å². The third kappa shape index (κ3) is 15.9. The number of methoxy groups -OCH3 is 1. The highest BCUT2D eigenvalue weighted by molar-refractivity contribution is 7.15. The molecular formula is C60H63N13O12S6. The smallest absolute Gasteiger partial charge is 0.303 e. The average molecular weight is 1350 g/mol. The second-order valence-corrected chi connectivity index (χ2v) is 28.0. The van der Waals surface area contributed by atoms with Crippen molar-refractivity contribution in [2.24, 2.45) is 23.7 Å². The third-order valence-electron chi connectivity index (χ3n) is 15.3. The van der Waals surface area contributed by atoms with Gasteiger partial charge in [0.15, 0.2) is 0 Å². The Morgan fingerprint density at radius 1 is 0.659 bits per heavy atom. The summed E-state index contributed by atoms with van der Waals surface area (Å²) in [5, 5.41) is 56.8. The van der Waals surface area contributed by atoms with Crippen molar-refractivity contribution in [3.8, 4) is 43.4 Å². The van der Waals surface area contributed by atoms with E-state index in [-0.39, 0.29) is 77.4 Å². The first-order chi connectivity index (χ1) is 43.7. The van der Waals surface area contributed by atoms with Crippen LogP contribution in [0, 0.1) is 30.6 Å². The Balaban J connectivity index is 1.01. The summed E-state index contributed by atoms with van der Waals surface area (Å²) < 4.78 is 5.45. The van der Waals surface area contributed by atoms with Crippen molar-refractivity contribution in [3.63, 3.8) is 0 Å². The fourth-order valence-electron chi connectivity index (χ4n) is 10.8. The minimum atomic E-state index is -1.30. The topological polar surface area (TPSA) is 369 Å². The first-order valence-electron chi connectivity index (χ1n) is 28.9.